The van der Waals surface area contributed by atoms with Crippen molar-refractivity contribution in [1.82, 2.24) is 4.98 Å². The molecule has 1 atom stereocenters. The number of carboxylic acid groups (broad SMARTS) is 1. The van der Waals surface area contributed by atoms with Crippen LogP contribution in [0.4, 0.5) is 0 Å². The molecule has 0 saturated carbocycles. The Balaban J connectivity index is 1.53. The molecular weight excluding hydrogens is 550 g/mol. The van der Waals surface area contributed by atoms with Crippen LogP contribution in [0.1, 0.15) is 80.2 Å². The van der Waals surface area contributed by atoms with Crippen molar-refractivity contribution < 1.29 is 15.0 Å². The number of fused-ring (bicyclic) bond motifs is 1. The number of carbonyl (C=O) groups is 1. The molecule has 0 aliphatic carbocycles. The van der Waals surface area contributed by atoms with Gasteiger partial charge in [0.05, 0.1) is 11.1 Å². The van der Waals surface area contributed by atoms with Crippen molar-refractivity contribution in [3.63, 3.8) is 0 Å². The van der Waals surface area contributed by atoms with Crippen LogP contribution in [0.3, 0.4) is 0 Å². The number of aryl methyl sites for hydroxylation is 2. The lowest BCUT2D eigenvalue weighted by molar-refractivity contribution is -0.308. The second-order valence-corrected chi connectivity index (χ2v) is 13.8. The molecule has 1 N–H and O–H groups in total. The van der Waals surface area contributed by atoms with Crippen LogP contribution in [0, 0.1) is 5.41 Å². The highest BCUT2D eigenvalue weighted by atomic mass is 35.5. The van der Waals surface area contributed by atoms with E-state index >= 15 is 0 Å². The second-order valence-electron chi connectivity index (χ2n) is 12.2. The number of pyridine rings is 1. The summed E-state index contributed by atoms with van der Waals surface area (Å²) in [5, 5.41) is 24.0. The Labute approximate surface area is 253 Å². The smallest absolute Gasteiger partial charge is 0.0843 e. The Bertz CT molecular complexity index is 1490. The van der Waals surface area contributed by atoms with E-state index in [1.54, 1.807) is 0 Å². The molecule has 3 aromatic carbocycles. The highest BCUT2D eigenvalue weighted by Gasteiger charge is 2.24. The van der Waals surface area contributed by atoms with Crippen LogP contribution >= 0.6 is 23.4 Å². The average Bonchev–Trinajstić information content (AvgIpc) is 2.90. The van der Waals surface area contributed by atoms with Gasteiger partial charge in [-0.1, -0.05) is 86.1 Å². The van der Waals surface area contributed by atoms with E-state index in [0.717, 1.165) is 59.2 Å². The van der Waals surface area contributed by atoms with Crippen molar-refractivity contribution in [2.45, 2.75) is 76.4 Å². The molecule has 216 valence electrons. The standard InChI is InChI=1S/C35H40ClNO3S/c1-34(2,22-33(38)39)19-18-32(41-23-27-9-5-6-11-30(27)35(3,4)40)26-10-7-8-24(20-26)12-16-29-17-14-25-13-15-28(36)21-31(25)37-29/h5-11,13-15,17,20-21,32,40H,12,16,18-19,22-23H2,1-4H3,(H,38,39)/p-1/t32-/m0/s1. The topological polar surface area (TPSA) is 73.2 Å². The molecule has 0 bridgehead atoms. The summed E-state index contributed by atoms with van der Waals surface area (Å²) in [5.74, 6) is -0.260. The van der Waals surface area contributed by atoms with Gasteiger partial charge in [0.15, 0.2) is 0 Å². The van der Waals surface area contributed by atoms with E-state index in [4.69, 9.17) is 16.6 Å². The monoisotopic (exact) mass is 588 g/mol. The average molecular weight is 589 g/mol. The molecule has 1 heterocycles. The lowest BCUT2D eigenvalue weighted by Gasteiger charge is -2.28. The molecule has 4 rings (SSSR count). The lowest BCUT2D eigenvalue weighted by atomic mass is 9.83. The first-order valence-electron chi connectivity index (χ1n) is 14.2. The molecule has 0 aliphatic rings. The molecule has 6 heteroatoms. The number of hydrogen-bond donors (Lipinski definition) is 1. The van der Waals surface area contributed by atoms with Gasteiger partial charge in [-0.05, 0) is 91.8 Å². The molecular formula is C35H39ClNO3S-. The van der Waals surface area contributed by atoms with Crippen molar-refractivity contribution >= 4 is 40.2 Å². The van der Waals surface area contributed by atoms with Gasteiger partial charge in [0, 0.05) is 33.1 Å². The number of carboxylic acids is 1. The van der Waals surface area contributed by atoms with Gasteiger partial charge in [0.25, 0.3) is 0 Å². The molecule has 0 spiro atoms. The van der Waals surface area contributed by atoms with Crippen LogP contribution in [0.5, 0.6) is 0 Å². The third kappa shape index (κ3) is 9.06. The molecule has 4 nitrogen and oxygen atoms in total. The van der Waals surface area contributed by atoms with Crippen molar-refractivity contribution in [3.8, 4) is 0 Å². The fourth-order valence-electron chi connectivity index (χ4n) is 5.27. The first kappa shape index (κ1) is 31.1. The minimum Gasteiger partial charge on any atom is -0.550 e. The third-order valence-electron chi connectivity index (χ3n) is 7.53. The number of aliphatic carboxylic acids is 1. The number of carbonyl (C=O) groups excluding carboxylic acids is 1. The maximum absolute atomic E-state index is 11.3. The number of rotatable bonds is 13. The summed E-state index contributed by atoms with van der Waals surface area (Å²) in [4.78, 5) is 16.2. The molecule has 0 radical (unpaired) electrons. The lowest BCUT2D eigenvalue weighted by Crippen LogP contribution is -2.29. The molecule has 1 aromatic heterocycles. The Morgan fingerprint density at radius 1 is 0.976 bits per heavy atom. The largest absolute Gasteiger partial charge is 0.550 e. The first-order valence-corrected chi connectivity index (χ1v) is 15.6. The van der Waals surface area contributed by atoms with Crippen molar-refractivity contribution in [2.24, 2.45) is 5.41 Å². The summed E-state index contributed by atoms with van der Waals surface area (Å²) in [6.45, 7) is 7.63. The summed E-state index contributed by atoms with van der Waals surface area (Å²) in [6, 6.07) is 26.7. The molecule has 0 fully saturated rings. The van der Waals surface area contributed by atoms with E-state index in [1.807, 2.05) is 75.9 Å². The predicted molar refractivity (Wildman–Crippen MR) is 169 cm³/mol. The van der Waals surface area contributed by atoms with Gasteiger partial charge in [-0.15, -0.1) is 11.8 Å². The molecule has 0 saturated heterocycles. The first-order chi connectivity index (χ1) is 19.4. The number of aliphatic hydroxyl groups is 1. The summed E-state index contributed by atoms with van der Waals surface area (Å²) in [5.41, 5.74) is 5.18. The minimum absolute atomic E-state index is 0.0376. The second kappa shape index (κ2) is 13.4. The van der Waals surface area contributed by atoms with Crippen LogP contribution in [0.15, 0.2) is 78.9 Å². The van der Waals surface area contributed by atoms with Crippen LogP contribution in [0.2, 0.25) is 5.02 Å². The number of halogens is 1. The SMILES string of the molecule is CC(C)(CC[C@H](SCc1ccccc1C(C)(C)O)c1cccc(CCc2ccc3ccc(Cl)cc3n2)c1)CC(=O)[O-]. The molecule has 4 aromatic rings. The molecule has 41 heavy (non-hydrogen) atoms. The van der Waals surface area contributed by atoms with Crippen LogP contribution in [-0.2, 0) is 29.0 Å². The molecule has 0 aliphatic heterocycles. The zero-order chi connectivity index (χ0) is 29.6. The Hall–Kier alpha value is -2.86. The fourth-order valence-corrected chi connectivity index (χ4v) is 6.70. The van der Waals surface area contributed by atoms with E-state index in [-0.39, 0.29) is 17.1 Å². The molecule has 0 unspecified atom stereocenters. The van der Waals surface area contributed by atoms with Gasteiger partial charge < -0.3 is 15.0 Å². The van der Waals surface area contributed by atoms with E-state index in [2.05, 4.69) is 42.5 Å². The van der Waals surface area contributed by atoms with E-state index < -0.39 is 11.6 Å². The third-order valence-corrected chi connectivity index (χ3v) is 9.15. The van der Waals surface area contributed by atoms with E-state index in [0.29, 0.717) is 5.02 Å². The Kier molecular flexibility index (Phi) is 10.2. The molecule has 0 amide bonds. The summed E-state index contributed by atoms with van der Waals surface area (Å²) in [6.07, 6.45) is 3.32. The highest BCUT2D eigenvalue weighted by Crippen LogP contribution is 2.41. The maximum atomic E-state index is 11.3. The minimum atomic E-state index is -1.01. The van der Waals surface area contributed by atoms with Crippen LogP contribution < -0.4 is 5.11 Å². The van der Waals surface area contributed by atoms with E-state index in [1.165, 1.54) is 11.1 Å². The van der Waals surface area contributed by atoms with Crippen molar-refractivity contribution in [2.75, 3.05) is 0 Å². The zero-order valence-corrected chi connectivity index (χ0v) is 25.9. The van der Waals surface area contributed by atoms with Gasteiger partial charge in [-0.2, -0.15) is 0 Å². The number of benzene rings is 3. The number of hydrogen-bond acceptors (Lipinski definition) is 5. The summed E-state index contributed by atoms with van der Waals surface area (Å²) in [7, 11) is 0. The van der Waals surface area contributed by atoms with Crippen molar-refractivity contribution in [3.05, 3.63) is 112 Å². The quantitative estimate of drug-likeness (QED) is 0.172. The zero-order valence-electron chi connectivity index (χ0n) is 24.3. The van der Waals surface area contributed by atoms with Crippen molar-refractivity contribution in [1.29, 1.82) is 0 Å². The van der Waals surface area contributed by atoms with E-state index in [9.17, 15) is 15.0 Å². The van der Waals surface area contributed by atoms with Gasteiger partial charge in [0.2, 0.25) is 0 Å². The number of nitrogens with zero attached hydrogens (tertiary/aromatic N) is 1. The van der Waals surface area contributed by atoms with Gasteiger partial charge in [-0.3, -0.25) is 4.98 Å². The normalized spacial score (nSPS) is 12.9. The van der Waals surface area contributed by atoms with Crippen LogP contribution in [0.25, 0.3) is 10.9 Å². The predicted octanol–water partition coefficient (Wildman–Crippen LogP) is 7.82. The maximum Gasteiger partial charge on any atom is 0.0843 e. The number of aromatic nitrogens is 1. The summed E-state index contributed by atoms with van der Waals surface area (Å²) < 4.78 is 0. The highest BCUT2D eigenvalue weighted by molar-refractivity contribution is 7.98. The fraction of sp³-hybridized carbons (Fsp3) is 0.371. The van der Waals surface area contributed by atoms with Gasteiger partial charge >= 0.3 is 0 Å². The summed E-state index contributed by atoms with van der Waals surface area (Å²) >= 11 is 8.02. The van der Waals surface area contributed by atoms with Gasteiger partial charge in [-0.25, -0.2) is 0 Å². The Morgan fingerprint density at radius 3 is 2.49 bits per heavy atom. The van der Waals surface area contributed by atoms with Gasteiger partial charge in [0.1, 0.15) is 0 Å². The Morgan fingerprint density at radius 2 is 1.73 bits per heavy atom. The van der Waals surface area contributed by atoms with Crippen LogP contribution in [-0.4, -0.2) is 16.1 Å². The number of thioether (sulfide) groups is 1.